The Hall–Kier alpha value is -1.57. The Morgan fingerprint density at radius 2 is 1.90 bits per heavy atom. The van der Waals surface area contributed by atoms with Gasteiger partial charge in [0.25, 0.3) is 0 Å². The molecule has 0 saturated carbocycles. The van der Waals surface area contributed by atoms with Crippen LogP contribution in [0.1, 0.15) is 25.3 Å². The molecule has 0 spiro atoms. The summed E-state index contributed by atoms with van der Waals surface area (Å²) in [6.07, 6.45) is 0. The number of ether oxygens (including phenoxy) is 1. The number of carbonyl (C=O) groups excluding carboxylic acids is 1. The lowest BCUT2D eigenvalue weighted by Gasteiger charge is -2.27. The smallest absolute Gasteiger partial charge is 0.351 e. The van der Waals surface area contributed by atoms with Crippen LogP contribution in [0.5, 0.6) is 0 Å². The van der Waals surface area contributed by atoms with Gasteiger partial charge in [0.2, 0.25) is 5.60 Å². The quantitative estimate of drug-likeness (QED) is 0.528. The molecule has 0 aliphatic rings. The Bertz CT molecular complexity index is 537. The van der Waals surface area contributed by atoms with E-state index in [0.29, 0.717) is 0 Å². The SMILES string of the molecule is CCOC(=O)[C@@](O)(C#C[Si](C)(C)C)[C@H](C)c1ccccc1. The average Bonchev–Trinajstić information content (AvgIpc) is 2.44. The standard InChI is InChI=1S/C17H24O3Si/c1-6-20-16(18)17(19,12-13-21(3,4)5)14(2)15-10-8-7-9-11-15/h7-11,14,19H,6H2,1-5H3/t14-,17-/m1/s1. The first-order valence-corrected chi connectivity index (χ1v) is 10.7. The molecule has 21 heavy (non-hydrogen) atoms. The number of esters is 1. The summed E-state index contributed by atoms with van der Waals surface area (Å²) in [5.74, 6) is 1.68. The molecule has 1 aromatic rings. The van der Waals surface area contributed by atoms with E-state index in [9.17, 15) is 9.90 Å². The van der Waals surface area contributed by atoms with E-state index in [4.69, 9.17) is 4.74 Å². The fourth-order valence-corrected chi connectivity index (χ4v) is 2.41. The van der Waals surface area contributed by atoms with Crippen LogP contribution in [0, 0.1) is 11.5 Å². The van der Waals surface area contributed by atoms with Crippen molar-refractivity contribution in [2.45, 2.75) is 45.0 Å². The first-order chi connectivity index (χ1) is 9.70. The van der Waals surface area contributed by atoms with E-state index in [0.717, 1.165) is 5.56 Å². The topological polar surface area (TPSA) is 46.5 Å². The lowest BCUT2D eigenvalue weighted by Crippen LogP contribution is -2.44. The molecule has 1 rings (SSSR count). The predicted molar refractivity (Wildman–Crippen MR) is 87.6 cm³/mol. The van der Waals surface area contributed by atoms with Gasteiger partial charge < -0.3 is 9.84 Å². The van der Waals surface area contributed by atoms with Crippen molar-refractivity contribution in [3.05, 3.63) is 35.9 Å². The molecule has 0 aliphatic heterocycles. The highest BCUT2D eigenvalue weighted by atomic mass is 28.3. The summed E-state index contributed by atoms with van der Waals surface area (Å²) < 4.78 is 5.04. The maximum atomic E-state index is 12.2. The third-order valence-corrected chi connectivity index (χ3v) is 4.02. The van der Waals surface area contributed by atoms with Gasteiger partial charge in [-0.2, -0.15) is 0 Å². The van der Waals surface area contributed by atoms with Gasteiger partial charge in [0.1, 0.15) is 8.07 Å². The molecule has 0 saturated heterocycles. The van der Waals surface area contributed by atoms with Crippen molar-refractivity contribution >= 4 is 14.0 Å². The van der Waals surface area contributed by atoms with Crippen LogP contribution in [0.4, 0.5) is 0 Å². The highest BCUT2D eigenvalue weighted by Crippen LogP contribution is 2.29. The summed E-state index contributed by atoms with van der Waals surface area (Å²) in [4.78, 5) is 12.2. The van der Waals surface area contributed by atoms with Gasteiger partial charge in [0, 0.05) is 5.92 Å². The monoisotopic (exact) mass is 304 g/mol. The average molecular weight is 304 g/mol. The normalized spacial score (nSPS) is 15.3. The zero-order valence-electron chi connectivity index (χ0n) is 13.4. The van der Waals surface area contributed by atoms with Crippen LogP contribution in [0.25, 0.3) is 0 Å². The predicted octanol–water partition coefficient (Wildman–Crippen LogP) is 2.97. The Labute approximate surface area is 128 Å². The van der Waals surface area contributed by atoms with Crippen molar-refractivity contribution < 1.29 is 14.6 Å². The number of aliphatic hydroxyl groups is 1. The molecule has 0 unspecified atom stereocenters. The fourth-order valence-electron chi connectivity index (χ4n) is 1.84. The molecule has 0 aromatic heterocycles. The molecule has 2 atom stereocenters. The maximum Gasteiger partial charge on any atom is 0.351 e. The zero-order valence-corrected chi connectivity index (χ0v) is 14.4. The molecule has 3 nitrogen and oxygen atoms in total. The minimum absolute atomic E-state index is 0.220. The van der Waals surface area contributed by atoms with Crippen molar-refractivity contribution in [1.82, 2.24) is 0 Å². The van der Waals surface area contributed by atoms with Gasteiger partial charge in [0.15, 0.2) is 0 Å². The Kier molecular flexibility index (Phi) is 5.76. The van der Waals surface area contributed by atoms with E-state index < -0.39 is 25.6 Å². The Balaban J connectivity index is 3.24. The van der Waals surface area contributed by atoms with Gasteiger partial charge >= 0.3 is 5.97 Å². The summed E-state index contributed by atoms with van der Waals surface area (Å²) in [6.45, 7) is 9.94. The number of benzene rings is 1. The van der Waals surface area contributed by atoms with Gasteiger partial charge in [0.05, 0.1) is 6.61 Å². The molecule has 4 heteroatoms. The molecule has 0 aliphatic carbocycles. The second-order valence-electron chi connectivity index (χ2n) is 6.12. The molecule has 0 bridgehead atoms. The van der Waals surface area contributed by atoms with Crippen LogP contribution in [0.3, 0.4) is 0 Å². The summed E-state index contributed by atoms with van der Waals surface area (Å²) >= 11 is 0. The van der Waals surface area contributed by atoms with E-state index in [1.807, 2.05) is 30.3 Å². The number of hydrogen-bond acceptors (Lipinski definition) is 3. The number of hydrogen-bond donors (Lipinski definition) is 1. The third-order valence-electron chi connectivity index (χ3n) is 3.14. The molecule has 0 amide bonds. The Morgan fingerprint density at radius 3 is 2.38 bits per heavy atom. The molecule has 1 N–H and O–H groups in total. The largest absolute Gasteiger partial charge is 0.463 e. The van der Waals surface area contributed by atoms with Gasteiger partial charge in [-0.05, 0) is 12.5 Å². The van der Waals surface area contributed by atoms with Crippen molar-refractivity contribution in [3.8, 4) is 11.5 Å². The van der Waals surface area contributed by atoms with E-state index in [1.54, 1.807) is 13.8 Å². The number of rotatable bonds is 4. The van der Waals surface area contributed by atoms with Gasteiger partial charge in [-0.3, -0.25) is 0 Å². The van der Waals surface area contributed by atoms with Gasteiger partial charge in [-0.1, -0.05) is 62.8 Å². The minimum Gasteiger partial charge on any atom is -0.463 e. The van der Waals surface area contributed by atoms with Crippen LogP contribution in [-0.2, 0) is 9.53 Å². The van der Waals surface area contributed by atoms with Crippen LogP contribution < -0.4 is 0 Å². The summed E-state index contributed by atoms with van der Waals surface area (Å²) in [6, 6.07) is 9.41. The van der Waals surface area contributed by atoms with Crippen molar-refractivity contribution in [3.63, 3.8) is 0 Å². The molecule has 0 radical (unpaired) electrons. The highest BCUT2D eigenvalue weighted by Gasteiger charge is 2.42. The minimum atomic E-state index is -1.81. The summed E-state index contributed by atoms with van der Waals surface area (Å²) in [5.41, 5.74) is 2.14. The van der Waals surface area contributed by atoms with Crippen LogP contribution >= 0.6 is 0 Å². The Morgan fingerprint density at radius 1 is 1.33 bits per heavy atom. The zero-order chi connectivity index (χ0) is 16.1. The van der Waals surface area contributed by atoms with Gasteiger partial charge in [-0.25, -0.2) is 4.79 Å². The first kappa shape index (κ1) is 17.5. The molecular formula is C17H24O3Si. The highest BCUT2D eigenvalue weighted by molar-refractivity contribution is 6.83. The lowest BCUT2D eigenvalue weighted by molar-refractivity contribution is -0.160. The second kappa shape index (κ2) is 6.93. The first-order valence-electron chi connectivity index (χ1n) is 7.19. The van der Waals surface area contributed by atoms with Crippen molar-refractivity contribution in [2.24, 2.45) is 0 Å². The molecule has 0 fully saturated rings. The van der Waals surface area contributed by atoms with E-state index >= 15 is 0 Å². The fraction of sp³-hybridized carbons (Fsp3) is 0.471. The molecule has 1 aromatic carbocycles. The van der Waals surface area contributed by atoms with E-state index in [-0.39, 0.29) is 6.61 Å². The van der Waals surface area contributed by atoms with E-state index in [2.05, 4.69) is 31.1 Å². The molecule has 0 heterocycles. The van der Waals surface area contributed by atoms with Crippen LogP contribution in [0.2, 0.25) is 19.6 Å². The molecular weight excluding hydrogens is 280 g/mol. The number of carbonyl (C=O) groups is 1. The van der Waals surface area contributed by atoms with Crippen LogP contribution in [-0.4, -0.2) is 31.4 Å². The van der Waals surface area contributed by atoms with E-state index in [1.165, 1.54) is 0 Å². The van der Waals surface area contributed by atoms with Crippen molar-refractivity contribution in [1.29, 1.82) is 0 Å². The summed E-state index contributed by atoms with van der Waals surface area (Å²) in [5, 5.41) is 10.9. The lowest BCUT2D eigenvalue weighted by atomic mass is 9.84. The second-order valence-corrected chi connectivity index (χ2v) is 10.9. The van der Waals surface area contributed by atoms with Crippen molar-refractivity contribution in [2.75, 3.05) is 6.61 Å². The molecule has 114 valence electrons. The van der Waals surface area contributed by atoms with Gasteiger partial charge in [-0.15, -0.1) is 5.54 Å². The maximum absolute atomic E-state index is 12.2. The summed E-state index contributed by atoms with van der Waals surface area (Å²) in [7, 11) is -1.71. The third kappa shape index (κ3) is 4.73. The van der Waals surface area contributed by atoms with Crippen LogP contribution in [0.15, 0.2) is 30.3 Å².